The summed E-state index contributed by atoms with van der Waals surface area (Å²) >= 11 is 0. The van der Waals surface area contributed by atoms with Crippen LogP contribution in [0.2, 0.25) is 0 Å². The Morgan fingerprint density at radius 1 is 1.56 bits per heavy atom. The first-order valence-electron chi connectivity index (χ1n) is 6.49. The maximum Gasteiger partial charge on any atom is 0.122 e. The van der Waals surface area contributed by atoms with Crippen molar-refractivity contribution in [1.82, 2.24) is 19.8 Å². The molecule has 1 atom stereocenters. The van der Waals surface area contributed by atoms with Crippen molar-refractivity contribution in [2.45, 2.75) is 38.4 Å². The zero-order chi connectivity index (χ0) is 13.0. The zero-order valence-corrected chi connectivity index (χ0v) is 11.2. The average molecular weight is 247 g/mol. The summed E-state index contributed by atoms with van der Waals surface area (Å²) in [7, 11) is 1.85. The molecule has 0 aromatic carbocycles. The molecule has 1 unspecified atom stereocenters. The van der Waals surface area contributed by atoms with Crippen LogP contribution in [0.4, 0.5) is 0 Å². The highest BCUT2D eigenvalue weighted by Gasteiger charge is 2.22. The number of hydrogen-bond donors (Lipinski definition) is 1. The lowest BCUT2D eigenvalue weighted by Gasteiger charge is -2.28. The van der Waals surface area contributed by atoms with Gasteiger partial charge in [0.2, 0.25) is 0 Å². The molecule has 98 valence electrons. The van der Waals surface area contributed by atoms with Crippen molar-refractivity contribution in [2.24, 2.45) is 0 Å². The molecule has 0 saturated carbocycles. The Bertz CT molecular complexity index is 433. The Labute approximate surface area is 108 Å². The zero-order valence-electron chi connectivity index (χ0n) is 11.2. The minimum Gasteiger partial charge on any atom is -0.333 e. The third-order valence-electron chi connectivity index (χ3n) is 3.77. The van der Waals surface area contributed by atoms with Crippen molar-refractivity contribution in [3.63, 3.8) is 0 Å². The standard InChI is InChI=1S/C13H21N5/c1-13(11-14,15-2)4-3-6-17-8-9-18-7-5-16-12(18)10-17/h5,7,15H,3-4,6,8-10H2,1-2H3. The van der Waals surface area contributed by atoms with Gasteiger partial charge in [-0.25, -0.2) is 4.98 Å². The Hall–Kier alpha value is -1.38. The first kappa shape index (κ1) is 13.1. The summed E-state index contributed by atoms with van der Waals surface area (Å²) in [6, 6.07) is 2.33. The van der Waals surface area contributed by atoms with Crippen LogP contribution in [-0.4, -0.2) is 40.1 Å². The summed E-state index contributed by atoms with van der Waals surface area (Å²) in [5.74, 6) is 1.15. The molecule has 1 aromatic heterocycles. The fourth-order valence-electron chi connectivity index (χ4n) is 2.31. The quantitative estimate of drug-likeness (QED) is 0.842. The topological polar surface area (TPSA) is 56.9 Å². The lowest BCUT2D eigenvalue weighted by Crippen LogP contribution is -2.40. The number of nitriles is 1. The molecule has 5 heteroatoms. The van der Waals surface area contributed by atoms with Crippen LogP contribution >= 0.6 is 0 Å². The monoisotopic (exact) mass is 247 g/mol. The minimum atomic E-state index is -0.395. The van der Waals surface area contributed by atoms with Gasteiger partial charge in [0, 0.05) is 25.5 Å². The molecule has 0 amide bonds. The van der Waals surface area contributed by atoms with Crippen LogP contribution in [-0.2, 0) is 13.1 Å². The van der Waals surface area contributed by atoms with E-state index in [0.717, 1.165) is 44.8 Å². The number of rotatable bonds is 5. The Morgan fingerprint density at radius 3 is 3.11 bits per heavy atom. The summed E-state index contributed by atoms with van der Waals surface area (Å²) in [5, 5.41) is 12.2. The molecule has 0 spiro atoms. The van der Waals surface area contributed by atoms with E-state index in [1.54, 1.807) is 0 Å². The maximum absolute atomic E-state index is 9.09. The molecule has 1 aliphatic heterocycles. The molecule has 0 aliphatic carbocycles. The fraction of sp³-hybridized carbons (Fsp3) is 0.692. The first-order valence-corrected chi connectivity index (χ1v) is 6.49. The third kappa shape index (κ3) is 2.89. The highest BCUT2D eigenvalue weighted by Crippen LogP contribution is 2.14. The van der Waals surface area contributed by atoms with Crippen LogP contribution in [0.5, 0.6) is 0 Å². The average Bonchev–Trinajstić information content (AvgIpc) is 2.86. The molecular formula is C13H21N5. The van der Waals surface area contributed by atoms with E-state index in [0.29, 0.717) is 0 Å². The minimum absolute atomic E-state index is 0.395. The second kappa shape index (κ2) is 5.51. The third-order valence-corrected chi connectivity index (χ3v) is 3.77. The molecule has 0 radical (unpaired) electrons. The normalized spacial score (nSPS) is 18.9. The summed E-state index contributed by atoms with van der Waals surface area (Å²) in [6.45, 7) is 6.01. The molecule has 5 nitrogen and oxygen atoms in total. The number of fused-ring (bicyclic) bond motifs is 1. The van der Waals surface area contributed by atoms with Gasteiger partial charge in [-0.2, -0.15) is 5.26 Å². The van der Waals surface area contributed by atoms with Gasteiger partial charge in [-0.3, -0.25) is 4.90 Å². The van der Waals surface area contributed by atoms with Gasteiger partial charge in [-0.05, 0) is 33.4 Å². The van der Waals surface area contributed by atoms with Gasteiger partial charge < -0.3 is 9.88 Å². The molecule has 2 rings (SSSR count). The van der Waals surface area contributed by atoms with Gasteiger partial charge in [-0.15, -0.1) is 0 Å². The smallest absolute Gasteiger partial charge is 0.122 e. The molecule has 2 heterocycles. The van der Waals surface area contributed by atoms with Gasteiger partial charge in [0.15, 0.2) is 0 Å². The van der Waals surface area contributed by atoms with E-state index < -0.39 is 5.54 Å². The molecule has 0 bridgehead atoms. The highest BCUT2D eigenvalue weighted by atomic mass is 15.2. The van der Waals surface area contributed by atoms with E-state index in [9.17, 15) is 0 Å². The first-order chi connectivity index (χ1) is 8.67. The van der Waals surface area contributed by atoms with E-state index in [-0.39, 0.29) is 0 Å². The number of aromatic nitrogens is 2. The number of hydrogen-bond acceptors (Lipinski definition) is 4. The lowest BCUT2D eigenvalue weighted by molar-refractivity contribution is 0.208. The van der Waals surface area contributed by atoms with Crippen molar-refractivity contribution < 1.29 is 0 Å². The van der Waals surface area contributed by atoms with Crippen molar-refractivity contribution >= 4 is 0 Å². The van der Waals surface area contributed by atoms with Crippen molar-refractivity contribution in [1.29, 1.82) is 5.26 Å². The van der Waals surface area contributed by atoms with Crippen LogP contribution in [0.1, 0.15) is 25.6 Å². The fourth-order valence-corrected chi connectivity index (χ4v) is 2.31. The van der Waals surface area contributed by atoms with Crippen LogP contribution in [0.15, 0.2) is 12.4 Å². The summed E-state index contributed by atoms with van der Waals surface area (Å²) in [6.07, 6.45) is 5.82. The number of nitrogens with zero attached hydrogens (tertiary/aromatic N) is 4. The highest BCUT2D eigenvalue weighted by molar-refractivity contribution is 5.02. The summed E-state index contributed by atoms with van der Waals surface area (Å²) in [4.78, 5) is 6.77. The summed E-state index contributed by atoms with van der Waals surface area (Å²) < 4.78 is 2.21. The molecular weight excluding hydrogens is 226 g/mol. The van der Waals surface area contributed by atoms with Crippen LogP contribution in [0.25, 0.3) is 0 Å². The van der Waals surface area contributed by atoms with Crippen molar-refractivity contribution in [2.75, 3.05) is 20.1 Å². The molecule has 1 aromatic rings. The Morgan fingerprint density at radius 2 is 2.39 bits per heavy atom. The molecule has 18 heavy (non-hydrogen) atoms. The van der Waals surface area contributed by atoms with E-state index in [4.69, 9.17) is 5.26 Å². The maximum atomic E-state index is 9.09. The van der Waals surface area contributed by atoms with E-state index in [1.165, 1.54) is 0 Å². The van der Waals surface area contributed by atoms with Gasteiger partial charge in [0.1, 0.15) is 11.4 Å². The molecule has 0 saturated heterocycles. The Kier molecular flexibility index (Phi) is 4.00. The second-order valence-electron chi connectivity index (χ2n) is 5.11. The van der Waals surface area contributed by atoms with Gasteiger partial charge in [-0.1, -0.05) is 0 Å². The van der Waals surface area contributed by atoms with Crippen molar-refractivity contribution in [3.05, 3.63) is 18.2 Å². The number of imidazole rings is 1. The van der Waals surface area contributed by atoms with E-state index in [1.807, 2.05) is 26.4 Å². The largest absolute Gasteiger partial charge is 0.333 e. The van der Waals surface area contributed by atoms with Gasteiger partial charge in [0.05, 0.1) is 12.6 Å². The van der Waals surface area contributed by atoms with Crippen molar-refractivity contribution in [3.8, 4) is 6.07 Å². The number of nitrogens with one attached hydrogen (secondary N) is 1. The van der Waals surface area contributed by atoms with Gasteiger partial charge >= 0.3 is 0 Å². The van der Waals surface area contributed by atoms with Crippen LogP contribution in [0.3, 0.4) is 0 Å². The molecule has 0 fully saturated rings. The van der Waals surface area contributed by atoms with Crippen LogP contribution in [0, 0.1) is 11.3 Å². The van der Waals surface area contributed by atoms with Gasteiger partial charge in [0.25, 0.3) is 0 Å². The van der Waals surface area contributed by atoms with Crippen LogP contribution < -0.4 is 5.32 Å². The predicted molar refractivity (Wildman–Crippen MR) is 69.8 cm³/mol. The second-order valence-corrected chi connectivity index (χ2v) is 5.11. The van der Waals surface area contributed by atoms with E-state index in [2.05, 4.69) is 25.8 Å². The molecule has 1 aliphatic rings. The SMILES string of the molecule is CNC(C)(C#N)CCCN1CCn2ccnc2C1. The molecule has 1 N–H and O–H groups in total. The Balaban J connectivity index is 1.78. The summed E-state index contributed by atoms with van der Waals surface area (Å²) in [5.41, 5.74) is -0.395. The predicted octanol–water partition coefficient (Wildman–Crippen LogP) is 0.981. The van der Waals surface area contributed by atoms with E-state index >= 15 is 0 Å². The lowest BCUT2D eigenvalue weighted by atomic mass is 9.98.